The van der Waals surface area contributed by atoms with Crippen molar-refractivity contribution in [2.45, 2.75) is 20.3 Å². The summed E-state index contributed by atoms with van der Waals surface area (Å²) in [5, 5.41) is 8.92. The first-order valence-electron chi connectivity index (χ1n) is 4.64. The summed E-state index contributed by atoms with van der Waals surface area (Å²) in [6, 6.07) is 6.24. The molecular weight excluding hydrogens is 174 g/mol. The van der Waals surface area contributed by atoms with Gasteiger partial charge in [0.05, 0.1) is 6.20 Å². The lowest BCUT2D eigenvalue weighted by molar-refractivity contribution is 0.963. The summed E-state index contributed by atoms with van der Waals surface area (Å²) in [5.74, 6) is 0. The van der Waals surface area contributed by atoms with Crippen molar-refractivity contribution in [3.63, 3.8) is 0 Å². The smallest absolute Gasteiger partial charge is 0.144 e. The van der Waals surface area contributed by atoms with E-state index in [-0.39, 0.29) is 0 Å². The molecule has 0 radical (unpaired) electrons. The molecule has 0 aliphatic rings. The Balaban J connectivity index is 2.90. The third kappa shape index (κ3) is 1.08. The third-order valence-corrected chi connectivity index (χ3v) is 2.40. The lowest BCUT2D eigenvalue weighted by Gasteiger charge is -2.05. The van der Waals surface area contributed by atoms with Crippen molar-refractivity contribution in [2.75, 3.05) is 0 Å². The molecule has 0 aliphatic carbocycles. The number of aryl methyl sites for hydroxylation is 2. The van der Waals surface area contributed by atoms with Gasteiger partial charge in [-0.1, -0.05) is 13.0 Å². The highest BCUT2D eigenvalue weighted by Crippen LogP contribution is 2.14. The van der Waals surface area contributed by atoms with Gasteiger partial charge in [-0.2, -0.15) is 5.26 Å². The van der Waals surface area contributed by atoms with Crippen molar-refractivity contribution in [2.24, 2.45) is 0 Å². The number of nitriles is 1. The Morgan fingerprint density at radius 2 is 2.29 bits per heavy atom. The molecular formula is C11H11N3. The summed E-state index contributed by atoms with van der Waals surface area (Å²) in [7, 11) is 0. The van der Waals surface area contributed by atoms with Crippen molar-refractivity contribution in [3.05, 3.63) is 35.3 Å². The van der Waals surface area contributed by atoms with E-state index in [1.165, 1.54) is 0 Å². The molecule has 3 heteroatoms. The third-order valence-electron chi connectivity index (χ3n) is 2.40. The van der Waals surface area contributed by atoms with Crippen LogP contribution in [0.5, 0.6) is 0 Å². The van der Waals surface area contributed by atoms with E-state index < -0.39 is 0 Å². The Morgan fingerprint density at radius 3 is 2.93 bits per heavy atom. The van der Waals surface area contributed by atoms with Crippen molar-refractivity contribution >= 4 is 5.65 Å². The van der Waals surface area contributed by atoms with Gasteiger partial charge in [-0.05, 0) is 25.0 Å². The minimum atomic E-state index is 0.612. The lowest BCUT2D eigenvalue weighted by Crippen LogP contribution is -1.98. The molecule has 0 saturated heterocycles. The number of rotatable bonds is 1. The van der Waals surface area contributed by atoms with E-state index in [1.54, 1.807) is 6.20 Å². The highest BCUT2D eigenvalue weighted by Gasteiger charge is 2.07. The van der Waals surface area contributed by atoms with Crippen molar-refractivity contribution in [1.82, 2.24) is 9.38 Å². The second-order valence-electron chi connectivity index (χ2n) is 3.28. The number of hydrogen-bond donors (Lipinski definition) is 0. The standard InChI is InChI=1S/C11H11N3/c1-3-9-5-4-8(2)11-13-7-10(6-12)14(9)11/h4-5,7H,3H2,1-2H3. The van der Waals surface area contributed by atoms with Crippen molar-refractivity contribution in [3.8, 4) is 6.07 Å². The van der Waals surface area contributed by atoms with E-state index in [2.05, 4.69) is 18.0 Å². The quantitative estimate of drug-likeness (QED) is 0.682. The van der Waals surface area contributed by atoms with Gasteiger partial charge >= 0.3 is 0 Å². The van der Waals surface area contributed by atoms with Crippen molar-refractivity contribution in [1.29, 1.82) is 5.26 Å². The first kappa shape index (κ1) is 8.76. The van der Waals surface area contributed by atoms with Crippen LogP contribution in [-0.4, -0.2) is 9.38 Å². The summed E-state index contributed by atoms with van der Waals surface area (Å²) in [4.78, 5) is 4.24. The predicted molar refractivity (Wildman–Crippen MR) is 54.0 cm³/mol. The Morgan fingerprint density at radius 1 is 1.50 bits per heavy atom. The van der Waals surface area contributed by atoms with Gasteiger partial charge in [0.25, 0.3) is 0 Å². The lowest BCUT2D eigenvalue weighted by atomic mass is 10.2. The predicted octanol–water partition coefficient (Wildman–Crippen LogP) is 2.08. The molecule has 3 nitrogen and oxygen atoms in total. The molecule has 0 amide bonds. The van der Waals surface area contributed by atoms with Gasteiger partial charge in [0, 0.05) is 5.69 Å². The van der Waals surface area contributed by atoms with Crippen LogP contribution in [0.2, 0.25) is 0 Å². The van der Waals surface area contributed by atoms with E-state index in [0.717, 1.165) is 23.3 Å². The minimum absolute atomic E-state index is 0.612. The average molecular weight is 185 g/mol. The van der Waals surface area contributed by atoms with Gasteiger partial charge in [0.15, 0.2) is 0 Å². The second-order valence-corrected chi connectivity index (χ2v) is 3.28. The van der Waals surface area contributed by atoms with Gasteiger partial charge in [0.1, 0.15) is 17.4 Å². The van der Waals surface area contributed by atoms with Crippen LogP contribution in [0, 0.1) is 18.3 Å². The molecule has 0 aromatic carbocycles. The molecule has 0 fully saturated rings. The summed E-state index contributed by atoms with van der Waals surface area (Å²) in [6.07, 6.45) is 2.53. The normalized spacial score (nSPS) is 10.4. The zero-order valence-corrected chi connectivity index (χ0v) is 8.28. The molecule has 0 bridgehead atoms. The fourth-order valence-corrected chi connectivity index (χ4v) is 1.65. The van der Waals surface area contributed by atoms with Gasteiger partial charge in [-0.25, -0.2) is 4.98 Å². The largest absolute Gasteiger partial charge is 0.288 e. The Labute approximate surface area is 82.6 Å². The maximum atomic E-state index is 8.92. The molecule has 70 valence electrons. The van der Waals surface area contributed by atoms with Crippen molar-refractivity contribution < 1.29 is 0 Å². The molecule has 0 unspecified atom stereocenters. The van der Waals surface area contributed by atoms with Crippen LogP contribution in [0.15, 0.2) is 18.3 Å². The van der Waals surface area contributed by atoms with Gasteiger partial charge in [-0.3, -0.25) is 4.40 Å². The summed E-state index contributed by atoms with van der Waals surface area (Å²) in [5.41, 5.74) is 3.73. The van der Waals surface area contributed by atoms with E-state index in [9.17, 15) is 0 Å². The number of pyridine rings is 1. The second kappa shape index (κ2) is 3.15. The molecule has 2 rings (SSSR count). The summed E-state index contributed by atoms with van der Waals surface area (Å²) < 4.78 is 1.93. The van der Waals surface area contributed by atoms with E-state index in [0.29, 0.717) is 5.69 Å². The molecule has 0 N–H and O–H groups in total. The van der Waals surface area contributed by atoms with Crippen LogP contribution in [0.3, 0.4) is 0 Å². The molecule has 0 aliphatic heterocycles. The highest BCUT2D eigenvalue weighted by atomic mass is 15.0. The number of aromatic nitrogens is 2. The Hall–Kier alpha value is -1.82. The molecule has 0 spiro atoms. The number of fused-ring (bicyclic) bond motifs is 1. The SMILES string of the molecule is CCc1ccc(C)c2ncc(C#N)n12. The van der Waals surface area contributed by atoms with Crippen LogP contribution >= 0.6 is 0 Å². The van der Waals surface area contributed by atoms with Crippen LogP contribution in [0.25, 0.3) is 5.65 Å². The maximum absolute atomic E-state index is 8.92. The number of hydrogen-bond acceptors (Lipinski definition) is 2. The van der Waals surface area contributed by atoms with Crippen LogP contribution in [0.4, 0.5) is 0 Å². The van der Waals surface area contributed by atoms with E-state index >= 15 is 0 Å². The first-order valence-corrected chi connectivity index (χ1v) is 4.64. The molecule has 2 aromatic heterocycles. The molecule has 0 atom stereocenters. The average Bonchev–Trinajstić information content (AvgIpc) is 2.63. The molecule has 0 saturated carbocycles. The van der Waals surface area contributed by atoms with E-state index in [1.807, 2.05) is 23.5 Å². The highest BCUT2D eigenvalue weighted by molar-refractivity contribution is 5.51. The van der Waals surface area contributed by atoms with Crippen LogP contribution < -0.4 is 0 Å². The first-order chi connectivity index (χ1) is 6.77. The van der Waals surface area contributed by atoms with Crippen LogP contribution in [0.1, 0.15) is 23.9 Å². The Bertz CT molecular complexity index is 517. The monoisotopic (exact) mass is 185 g/mol. The zero-order chi connectivity index (χ0) is 10.1. The molecule has 2 aromatic rings. The molecule has 2 heterocycles. The fourth-order valence-electron chi connectivity index (χ4n) is 1.65. The topological polar surface area (TPSA) is 41.1 Å². The van der Waals surface area contributed by atoms with E-state index in [4.69, 9.17) is 5.26 Å². The number of nitrogens with zero attached hydrogens (tertiary/aromatic N) is 3. The Kier molecular flexibility index (Phi) is 1.97. The summed E-state index contributed by atoms with van der Waals surface area (Å²) in [6.45, 7) is 4.08. The zero-order valence-electron chi connectivity index (χ0n) is 8.28. The number of imidazole rings is 1. The fraction of sp³-hybridized carbons (Fsp3) is 0.273. The minimum Gasteiger partial charge on any atom is -0.288 e. The van der Waals surface area contributed by atoms with Gasteiger partial charge in [-0.15, -0.1) is 0 Å². The van der Waals surface area contributed by atoms with Gasteiger partial charge < -0.3 is 0 Å². The van der Waals surface area contributed by atoms with Gasteiger partial charge in [0.2, 0.25) is 0 Å². The maximum Gasteiger partial charge on any atom is 0.144 e. The van der Waals surface area contributed by atoms with Crippen LogP contribution in [-0.2, 0) is 6.42 Å². The summed E-state index contributed by atoms with van der Waals surface area (Å²) >= 11 is 0. The molecule has 14 heavy (non-hydrogen) atoms.